The highest BCUT2D eigenvalue weighted by Gasteiger charge is 2.06. The Hall–Kier alpha value is -1.19. The van der Waals surface area contributed by atoms with Crippen LogP contribution in [-0.2, 0) is 19.1 Å². The summed E-state index contributed by atoms with van der Waals surface area (Å²) in [6.45, 7) is 2.46. The number of esters is 1. The lowest BCUT2D eigenvalue weighted by Gasteiger charge is -2.02. The maximum atomic E-state index is 10.9. The first-order valence-electron chi connectivity index (χ1n) is 4.84. The zero-order valence-electron chi connectivity index (χ0n) is 8.45. The van der Waals surface area contributed by atoms with Crippen molar-refractivity contribution in [2.75, 3.05) is 6.61 Å². The number of Topliss-reactive ketones (excluding diaryl/α,β-unsaturated/α-hetero) is 1. The Bertz CT molecular complexity index is 198. The molecule has 14 heavy (non-hydrogen) atoms. The second-order valence-electron chi connectivity index (χ2n) is 3.01. The summed E-state index contributed by atoms with van der Waals surface area (Å²) in [5, 5.41) is 0. The third kappa shape index (κ3) is 7.46. The van der Waals surface area contributed by atoms with Crippen molar-refractivity contribution in [3.05, 3.63) is 0 Å². The monoisotopic (exact) mass is 200 g/mol. The van der Waals surface area contributed by atoms with Crippen molar-refractivity contribution < 1.29 is 19.1 Å². The average molecular weight is 200 g/mol. The average Bonchev–Trinajstić information content (AvgIpc) is 2.21. The second-order valence-corrected chi connectivity index (χ2v) is 3.01. The van der Waals surface area contributed by atoms with Gasteiger partial charge in [-0.25, -0.2) is 0 Å². The van der Waals surface area contributed by atoms with Gasteiger partial charge in [-0.1, -0.05) is 19.8 Å². The Morgan fingerprint density at radius 3 is 2.50 bits per heavy atom. The van der Waals surface area contributed by atoms with Crippen LogP contribution in [-0.4, -0.2) is 24.6 Å². The number of unbranched alkanes of at least 4 members (excludes halogenated alkanes) is 2. The van der Waals surface area contributed by atoms with Crippen LogP contribution in [0.25, 0.3) is 0 Å². The summed E-state index contributed by atoms with van der Waals surface area (Å²) in [7, 11) is 0. The van der Waals surface area contributed by atoms with Crippen molar-refractivity contribution in [3.8, 4) is 0 Å². The number of ketones is 1. The van der Waals surface area contributed by atoms with Crippen LogP contribution in [0.15, 0.2) is 0 Å². The molecule has 0 fully saturated rings. The highest BCUT2D eigenvalue weighted by molar-refractivity contribution is 6.25. The molecule has 0 spiro atoms. The molecule has 0 heterocycles. The van der Waals surface area contributed by atoms with Crippen LogP contribution in [0, 0.1) is 0 Å². The van der Waals surface area contributed by atoms with E-state index < -0.39 is 11.8 Å². The molecule has 0 unspecified atom stereocenters. The Labute approximate surface area is 83.6 Å². The van der Waals surface area contributed by atoms with Gasteiger partial charge in [-0.05, 0) is 6.42 Å². The zero-order valence-corrected chi connectivity index (χ0v) is 8.45. The van der Waals surface area contributed by atoms with Gasteiger partial charge in [0.25, 0.3) is 0 Å². The summed E-state index contributed by atoms with van der Waals surface area (Å²) in [5.41, 5.74) is 0. The van der Waals surface area contributed by atoms with Crippen molar-refractivity contribution in [2.45, 2.75) is 39.0 Å². The molecule has 0 aromatic carbocycles. The topological polar surface area (TPSA) is 60.4 Å². The molecule has 0 aliphatic rings. The van der Waals surface area contributed by atoms with Gasteiger partial charge in [0.2, 0.25) is 0 Å². The van der Waals surface area contributed by atoms with E-state index in [4.69, 9.17) is 4.74 Å². The fourth-order valence-corrected chi connectivity index (χ4v) is 0.894. The van der Waals surface area contributed by atoms with Crippen molar-refractivity contribution in [1.29, 1.82) is 0 Å². The van der Waals surface area contributed by atoms with E-state index in [0.29, 0.717) is 6.61 Å². The normalized spacial score (nSPS) is 9.50. The molecule has 0 saturated heterocycles. The van der Waals surface area contributed by atoms with Crippen LogP contribution in [0.5, 0.6) is 0 Å². The number of ether oxygens (including phenoxy) is 1. The molecule has 0 atom stereocenters. The first kappa shape index (κ1) is 12.8. The van der Waals surface area contributed by atoms with Gasteiger partial charge >= 0.3 is 5.97 Å². The Kier molecular flexibility index (Phi) is 7.70. The van der Waals surface area contributed by atoms with Crippen LogP contribution in [0.1, 0.15) is 39.0 Å². The van der Waals surface area contributed by atoms with Gasteiger partial charge < -0.3 is 4.74 Å². The van der Waals surface area contributed by atoms with Gasteiger partial charge in [-0.3, -0.25) is 14.4 Å². The second kappa shape index (κ2) is 8.41. The molecule has 0 aromatic heterocycles. The molecule has 0 radical (unpaired) electrons. The quantitative estimate of drug-likeness (QED) is 0.256. The fourth-order valence-electron chi connectivity index (χ4n) is 0.894. The smallest absolute Gasteiger partial charge is 0.306 e. The summed E-state index contributed by atoms with van der Waals surface area (Å²) >= 11 is 0. The molecule has 4 heteroatoms. The molecule has 80 valence electrons. The largest absolute Gasteiger partial charge is 0.466 e. The number of hydrogen-bond donors (Lipinski definition) is 0. The van der Waals surface area contributed by atoms with Gasteiger partial charge in [-0.15, -0.1) is 0 Å². The van der Waals surface area contributed by atoms with E-state index >= 15 is 0 Å². The molecule has 0 aromatic rings. The van der Waals surface area contributed by atoms with E-state index in [1.165, 1.54) is 0 Å². The Balaban J connectivity index is 3.37. The summed E-state index contributed by atoms with van der Waals surface area (Å²) < 4.78 is 4.83. The fraction of sp³-hybridized carbons (Fsp3) is 0.700. The third-order valence-electron chi connectivity index (χ3n) is 1.72. The van der Waals surface area contributed by atoms with Crippen molar-refractivity contribution in [2.24, 2.45) is 0 Å². The lowest BCUT2D eigenvalue weighted by molar-refractivity contribution is -0.145. The zero-order chi connectivity index (χ0) is 10.8. The highest BCUT2D eigenvalue weighted by Crippen LogP contribution is 1.97. The predicted octanol–water partition coefficient (Wildman–Crippen LogP) is 1.27. The van der Waals surface area contributed by atoms with Crippen LogP contribution < -0.4 is 0 Å². The molecule has 0 aliphatic carbocycles. The summed E-state index contributed by atoms with van der Waals surface area (Å²) in [6, 6.07) is 0. The molecule has 0 bridgehead atoms. The van der Waals surface area contributed by atoms with Crippen LogP contribution >= 0.6 is 0 Å². The van der Waals surface area contributed by atoms with Crippen LogP contribution in [0.2, 0.25) is 0 Å². The van der Waals surface area contributed by atoms with Gasteiger partial charge in [-0.2, -0.15) is 0 Å². The van der Waals surface area contributed by atoms with Gasteiger partial charge in [0.05, 0.1) is 13.0 Å². The molecule has 0 rings (SSSR count). The maximum Gasteiger partial charge on any atom is 0.306 e. The lowest BCUT2D eigenvalue weighted by atomic mass is 10.2. The SMILES string of the molecule is CCCCCOC(=O)CCC(=O)C=O. The number of carbonyl (C=O) groups excluding carboxylic acids is 3. The summed E-state index contributed by atoms with van der Waals surface area (Å²) in [4.78, 5) is 31.4. The summed E-state index contributed by atoms with van der Waals surface area (Å²) in [5.74, 6) is -0.966. The molecular formula is C10H16O4. The molecular weight excluding hydrogens is 184 g/mol. The lowest BCUT2D eigenvalue weighted by Crippen LogP contribution is -2.09. The molecule has 0 N–H and O–H groups in total. The number of aldehydes is 1. The Morgan fingerprint density at radius 1 is 1.21 bits per heavy atom. The van der Waals surface area contributed by atoms with Gasteiger partial charge in [0.15, 0.2) is 12.1 Å². The van der Waals surface area contributed by atoms with E-state index in [-0.39, 0.29) is 19.1 Å². The first-order chi connectivity index (χ1) is 6.70. The predicted molar refractivity (Wildman–Crippen MR) is 50.8 cm³/mol. The van der Waals surface area contributed by atoms with E-state index in [9.17, 15) is 14.4 Å². The van der Waals surface area contributed by atoms with Crippen LogP contribution in [0.3, 0.4) is 0 Å². The first-order valence-corrected chi connectivity index (χ1v) is 4.84. The van der Waals surface area contributed by atoms with Crippen LogP contribution in [0.4, 0.5) is 0 Å². The highest BCUT2D eigenvalue weighted by atomic mass is 16.5. The van der Waals surface area contributed by atoms with Gasteiger partial charge in [0.1, 0.15) is 0 Å². The number of hydrogen-bond acceptors (Lipinski definition) is 4. The van der Waals surface area contributed by atoms with Crippen molar-refractivity contribution in [3.63, 3.8) is 0 Å². The minimum atomic E-state index is -0.560. The molecule has 0 amide bonds. The van der Waals surface area contributed by atoms with E-state index in [2.05, 4.69) is 6.92 Å². The van der Waals surface area contributed by atoms with E-state index in [1.54, 1.807) is 0 Å². The van der Waals surface area contributed by atoms with E-state index in [1.807, 2.05) is 0 Å². The molecule has 0 saturated carbocycles. The van der Waals surface area contributed by atoms with Crippen molar-refractivity contribution in [1.82, 2.24) is 0 Å². The third-order valence-corrected chi connectivity index (χ3v) is 1.72. The van der Waals surface area contributed by atoms with Crippen molar-refractivity contribution >= 4 is 18.0 Å². The standard InChI is InChI=1S/C10H16O4/c1-2-3-4-7-14-10(13)6-5-9(12)8-11/h8H,2-7H2,1H3. The van der Waals surface area contributed by atoms with E-state index in [0.717, 1.165) is 19.3 Å². The minimum Gasteiger partial charge on any atom is -0.466 e. The minimum absolute atomic E-state index is 0.00367. The number of rotatable bonds is 8. The number of carbonyl (C=O) groups is 3. The molecule has 4 nitrogen and oxygen atoms in total. The Morgan fingerprint density at radius 2 is 1.93 bits per heavy atom. The summed E-state index contributed by atoms with van der Waals surface area (Å²) in [6.07, 6.45) is 3.13. The van der Waals surface area contributed by atoms with Gasteiger partial charge in [0, 0.05) is 6.42 Å². The molecule has 0 aliphatic heterocycles. The maximum absolute atomic E-state index is 10.9.